The number of hydrogen-bond donors (Lipinski definition) is 2. The van der Waals surface area contributed by atoms with E-state index < -0.39 is 11.5 Å². The van der Waals surface area contributed by atoms with Crippen LogP contribution < -0.4 is 5.32 Å². The topological polar surface area (TPSA) is 75.6 Å². The first-order valence-electron chi connectivity index (χ1n) is 6.61. The maximum Gasteiger partial charge on any atom is 0.305 e. The number of amides is 1. The molecule has 0 aliphatic heterocycles. The monoisotopic (exact) mass is 313 g/mol. The van der Waals surface area contributed by atoms with E-state index in [4.69, 9.17) is 21.4 Å². The molecule has 1 rings (SSSR count). The quantitative estimate of drug-likeness (QED) is 0.772. The van der Waals surface area contributed by atoms with E-state index >= 15 is 0 Å². The standard InChI is InChI=1S/C15H20ClNO4/c1-15(10-21-2,9-14(19)20)17-13(18)8-5-11-3-6-12(16)7-4-11/h3-4,6-7H,5,8-10H2,1-2H3,(H,17,18)(H,19,20). The summed E-state index contributed by atoms with van der Waals surface area (Å²) in [5.41, 5.74) is 0.0960. The number of carboxylic acid groups (broad SMARTS) is 1. The van der Waals surface area contributed by atoms with Gasteiger partial charge in [-0.05, 0) is 31.0 Å². The number of carbonyl (C=O) groups is 2. The summed E-state index contributed by atoms with van der Waals surface area (Å²) in [7, 11) is 1.47. The minimum atomic E-state index is -0.979. The van der Waals surface area contributed by atoms with Crippen LogP contribution in [-0.2, 0) is 20.7 Å². The lowest BCUT2D eigenvalue weighted by atomic mass is 9.98. The molecule has 0 fully saturated rings. The van der Waals surface area contributed by atoms with E-state index in [0.29, 0.717) is 11.4 Å². The molecular formula is C15H20ClNO4. The second-order valence-electron chi connectivity index (χ2n) is 5.24. The Morgan fingerprint density at radius 3 is 2.48 bits per heavy atom. The van der Waals surface area contributed by atoms with Crippen LogP contribution in [0.1, 0.15) is 25.3 Å². The molecule has 1 atom stereocenters. The lowest BCUT2D eigenvalue weighted by Crippen LogP contribution is -2.50. The number of hydrogen-bond acceptors (Lipinski definition) is 3. The van der Waals surface area contributed by atoms with Gasteiger partial charge < -0.3 is 15.2 Å². The van der Waals surface area contributed by atoms with E-state index in [1.54, 1.807) is 19.1 Å². The largest absolute Gasteiger partial charge is 0.481 e. The van der Waals surface area contributed by atoms with Gasteiger partial charge in [0, 0.05) is 18.6 Å². The van der Waals surface area contributed by atoms with E-state index in [9.17, 15) is 9.59 Å². The van der Waals surface area contributed by atoms with Crippen LogP contribution in [0.2, 0.25) is 5.02 Å². The molecule has 0 saturated heterocycles. The Hall–Kier alpha value is -1.59. The summed E-state index contributed by atoms with van der Waals surface area (Å²) in [6.07, 6.45) is 0.660. The zero-order chi connectivity index (χ0) is 15.9. The van der Waals surface area contributed by atoms with Crippen LogP contribution in [-0.4, -0.2) is 36.2 Å². The molecule has 1 aromatic carbocycles. The van der Waals surface area contributed by atoms with Crippen molar-refractivity contribution in [1.29, 1.82) is 0 Å². The first-order valence-corrected chi connectivity index (χ1v) is 6.98. The van der Waals surface area contributed by atoms with E-state index in [0.717, 1.165) is 5.56 Å². The normalized spacial score (nSPS) is 13.5. The summed E-state index contributed by atoms with van der Waals surface area (Å²) in [5.74, 6) is -1.18. The van der Waals surface area contributed by atoms with Crippen LogP contribution in [0.5, 0.6) is 0 Å². The fourth-order valence-electron chi connectivity index (χ4n) is 2.09. The highest BCUT2D eigenvalue weighted by Gasteiger charge is 2.29. The number of halogens is 1. The van der Waals surface area contributed by atoms with Crippen molar-refractivity contribution in [3.05, 3.63) is 34.9 Å². The molecule has 1 aromatic rings. The summed E-state index contributed by atoms with van der Waals surface area (Å²) in [6, 6.07) is 7.27. The van der Waals surface area contributed by atoms with Gasteiger partial charge in [-0.15, -0.1) is 0 Å². The number of benzene rings is 1. The molecule has 0 spiro atoms. The zero-order valence-corrected chi connectivity index (χ0v) is 12.9. The van der Waals surface area contributed by atoms with Crippen molar-refractivity contribution in [3.8, 4) is 0 Å². The summed E-state index contributed by atoms with van der Waals surface area (Å²) >= 11 is 5.80. The van der Waals surface area contributed by atoms with E-state index in [1.807, 2.05) is 12.1 Å². The first-order chi connectivity index (χ1) is 9.84. The zero-order valence-electron chi connectivity index (χ0n) is 12.2. The molecule has 0 aliphatic rings. The van der Waals surface area contributed by atoms with Gasteiger partial charge in [0.05, 0.1) is 18.6 Å². The molecule has 0 heterocycles. The van der Waals surface area contributed by atoms with Gasteiger partial charge in [-0.1, -0.05) is 23.7 Å². The predicted octanol–water partition coefficient (Wildman–Crippen LogP) is 2.27. The Morgan fingerprint density at radius 1 is 1.33 bits per heavy atom. The Labute approximate surface area is 129 Å². The molecule has 6 heteroatoms. The van der Waals surface area contributed by atoms with Gasteiger partial charge in [-0.25, -0.2) is 0 Å². The van der Waals surface area contributed by atoms with Gasteiger partial charge in [0.25, 0.3) is 0 Å². The van der Waals surface area contributed by atoms with Gasteiger partial charge >= 0.3 is 5.97 Å². The third-order valence-electron chi connectivity index (χ3n) is 3.00. The molecule has 0 aliphatic carbocycles. The number of aliphatic carboxylic acids is 1. The van der Waals surface area contributed by atoms with Gasteiger partial charge in [0.1, 0.15) is 0 Å². The Bertz CT molecular complexity index is 489. The average Bonchev–Trinajstić information content (AvgIpc) is 2.37. The lowest BCUT2D eigenvalue weighted by molar-refractivity contribution is -0.139. The SMILES string of the molecule is COCC(C)(CC(=O)O)NC(=O)CCc1ccc(Cl)cc1. The molecular weight excluding hydrogens is 294 g/mol. The highest BCUT2D eigenvalue weighted by molar-refractivity contribution is 6.30. The van der Waals surface area contributed by atoms with E-state index in [2.05, 4.69) is 5.32 Å². The molecule has 1 amide bonds. The van der Waals surface area contributed by atoms with E-state index in [-0.39, 0.29) is 25.4 Å². The maximum absolute atomic E-state index is 12.0. The Morgan fingerprint density at radius 2 is 1.95 bits per heavy atom. The molecule has 116 valence electrons. The molecule has 5 nitrogen and oxygen atoms in total. The summed E-state index contributed by atoms with van der Waals surface area (Å²) in [5, 5.41) is 12.3. The van der Waals surface area contributed by atoms with E-state index in [1.165, 1.54) is 7.11 Å². The third-order valence-corrected chi connectivity index (χ3v) is 3.25. The predicted molar refractivity (Wildman–Crippen MR) is 80.4 cm³/mol. The lowest BCUT2D eigenvalue weighted by Gasteiger charge is -2.28. The van der Waals surface area contributed by atoms with Gasteiger partial charge in [-0.3, -0.25) is 9.59 Å². The highest BCUT2D eigenvalue weighted by Crippen LogP contribution is 2.13. The average molecular weight is 314 g/mol. The maximum atomic E-state index is 12.0. The molecule has 0 saturated carbocycles. The molecule has 0 aromatic heterocycles. The molecule has 0 bridgehead atoms. The van der Waals surface area contributed by atoms with Crippen molar-refractivity contribution in [3.63, 3.8) is 0 Å². The van der Waals surface area contributed by atoms with Crippen molar-refractivity contribution >= 4 is 23.5 Å². The molecule has 21 heavy (non-hydrogen) atoms. The number of carbonyl (C=O) groups excluding carboxylic acids is 1. The number of aryl methyl sites for hydroxylation is 1. The Kier molecular flexibility index (Phi) is 6.65. The number of nitrogens with one attached hydrogen (secondary N) is 1. The number of ether oxygens (including phenoxy) is 1. The molecule has 0 radical (unpaired) electrons. The number of rotatable bonds is 8. The second-order valence-corrected chi connectivity index (χ2v) is 5.68. The van der Waals surface area contributed by atoms with Crippen LogP contribution in [0.4, 0.5) is 0 Å². The third kappa shape index (κ3) is 6.60. The molecule has 2 N–H and O–H groups in total. The summed E-state index contributed by atoms with van der Waals surface area (Å²) in [4.78, 5) is 22.8. The summed E-state index contributed by atoms with van der Waals surface area (Å²) < 4.78 is 4.99. The van der Waals surface area contributed by atoms with Crippen molar-refractivity contribution < 1.29 is 19.4 Å². The van der Waals surface area contributed by atoms with Gasteiger partial charge in [0.2, 0.25) is 5.91 Å². The van der Waals surface area contributed by atoms with Crippen LogP contribution in [0.25, 0.3) is 0 Å². The van der Waals surface area contributed by atoms with Crippen molar-refractivity contribution in [1.82, 2.24) is 5.32 Å². The molecule has 1 unspecified atom stereocenters. The minimum absolute atomic E-state index is 0.145. The first kappa shape index (κ1) is 17.5. The van der Waals surface area contributed by atoms with Gasteiger partial charge in [-0.2, -0.15) is 0 Å². The van der Waals surface area contributed by atoms with Crippen LogP contribution in [0, 0.1) is 0 Å². The van der Waals surface area contributed by atoms with Crippen molar-refractivity contribution in [2.75, 3.05) is 13.7 Å². The Balaban J connectivity index is 2.53. The van der Waals surface area contributed by atoms with Crippen LogP contribution in [0.3, 0.4) is 0 Å². The van der Waals surface area contributed by atoms with Crippen LogP contribution in [0.15, 0.2) is 24.3 Å². The minimum Gasteiger partial charge on any atom is -0.481 e. The highest BCUT2D eigenvalue weighted by atomic mass is 35.5. The fraction of sp³-hybridized carbons (Fsp3) is 0.467. The fourth-order valence-corrected chi connectivity index (χ4v) is 2.22. The van der Waals surface area contributed by atoms with Gasteiger partial charge in [0.15, 0.2) is 0 Å². The smallest absolute Gasteiger partial charge is 0.305 e. The number of carboxylic acids is 1. The van der Waals surface area contributed by atoms with Crippen LogP contribution >= 0.6 is 11.6 Å². The second kappa shape index (κ2) is 8.00. The summed E-state index contributed by atoms with van der Waals surface area (Å²) in [6.45, 7) is 1.80. The van der Waals surface area contributed by atoms with Crippen molar-refractivity contribution in [2.45, 2.75) is 31.7 Å². The van der Waals surface area contributed by atoms with Crippen molar-refractivity contribution in [2.24, 2.45) is 0 Å². The number of methoxy groups -OCH3 is 1.